The third kappa shape index (κ3) is 7.74. The molecule has 0 aliphatic heterocycles. The Bertz CT molecular complexity index is 1130. The van der Waals surface area contributed by atoms with Gasteiger partial charge in [0.15, 0.2) is 0 Å². The highest BCUT2D eigenvalue weighted by Crippen LogP contribution is 2.24. The molecule has 2 rings (SSSR count). The van der Waals surface area contributed by atoms with Crippen LogP contribution in [0.1, 0.15) is 32.3 Å². The number of carbonyl (C=O) groups excluding carboxylic acids is 2. The number of halogens is 2. The van der Waals surface area contributed by atoms with Crippen molar-refractivity contribution in [3.05, 3.63) is 64.4 Å². The molecule has 0 fully saturated rings. The fourth-order valence-electron chi connectivity index (χ4n) is 3.31. The second kappa shape index (κ2) is 13.0. The van der Waals surface area contributed by atoms with Crippen molar-refractivity contribution in [2.45, 2.75) is 39.3 Å². The summed E-state index contributed by atoms with van der Waals surface area (Å²) in [5.41, 5.74) is 0.492. The Kier molecular flexibility index (Phi) is 10.7. The SMILES string of the molecule is CCCCNC(=O)C(C)N(Cc1cccc(Br)c1)C(=O)CN(c1ccccc1F)S(=O)(=O)N(C)C. The molecule has 35 heavy (non-hydrogen) atoms. The molecule has 0 radical (unpaired) electrons. The van der Waals surface area contributed by atoms with E-state index in [-0.39, 0.29) is 18.1 Å². The van der Waals surface area contributed by atoms with Crippen LogP contribution in [0.5, 0.6) is 0 Å². The van der Waals surface area contributed by atoms with Gasteiger partial charge in [-0.15, -0.1) is 0 Å². The summed E-state index contributed by atoms with van der Waals surface area (Å²) < 4.78 is 43.1. The Hall–Kier alpha value is -2.50. The first-order valence-corrected chi connectivity index (χ1v) is 13.4. The summed E-state index contributed by atoms with van der Waals surface area (Å²) in [6.07, 6.45) is 1.69. The van der Waals surface area contributed by atoms with Crippen molar-refractivity contribution < 1.29 is 22.4 Å². The summed E-state index contributed by atoms with van der Waals surface area (Å²) >= 11 is 3.40. The van der Waals surface area contributed by atoms with Gasteiger partial charge in [0, 0.05) is 31.7 Å². The molecule has 2 aromatic carbocycles. The molecule has 2 amide bonds. The van der Waals surface area contributed by atoms with Gasteiger partial charge >= 0.3 is 10.2 Å². The average molecular weight is 572 g/mol. The molecule has 1 unspecified atom stereocenters. The quantitative estimate of drug-likeness (QED) is 0.395. The number of carbonyl (C=O) groups is 2. The Morgan fingerprint density at radius 2 is 1.80 bits per heavy atom. The monoisotopic (exact) mass is 570 g/mol. The Morgan fingerprint density at radius 1 is 1.11 bits per heavy atom. The number of hydrogen-bond donors (Lipinski definition) is 1. The standard InChI is InChI=1S/C24H32BrFN4O4S/c1-5-6-14-27-24(32)18(2)29(16-19-10-9-11-20(25)15-19)23(31)17-30(35(33,34)28(3)4)22-13-8-7-12-21(22)26/h7-13,15,18H,5-6,14,16-17H2,1-4H3,(H,27,32). The van der Waals surface area contributed by atoms with Crippen molar-refractivity contribution in [3.63, 3.8) is 0 Å². The van der Waals surface area contributed by atoms with E-state index in [1.807, 2.05) is 19.1 Å². The smallest absolute Gasteiger partial charge is 0.304 e. The molecular weight excluding hydrogens is 539 g/mol. The number of para-hydroxylation sites is 1. The lowest BCUT2D eigenvalue weighted by Gasteiger charge is -2.33. The molecule has 1 atom stereocenters. The van der Waals surface area contributed by atoms with E-state index in [2.05, 4.69) is 21.2 Å². The van der Waals surface area contributed by atoms with Gasteiger partial charge in [-0.1, -0.05) is 53.5 Å². The minimum atomic E-state index is -4.22. The van der Waals surface area contributed by atoms with Crippen molar-refractivity contribution in [2.24, 2.45) is 0 Å². The Labute approximate surface area is 215 Å². The highest BCUT2D eigenvalue weighted by molar-refractivity contribution is 9.10. The van der Waals surface area contributed by atoms with Gasteiger partial charge in [-0.3, -0.25) is 9.59 Å². The molecule has 0 saturated carbocycles. The molecule has 8 nitrogen and oxygen atoms in total. The predicted octanol–water partition coefficient (Wildman–Crippen LogP) is 3.53. The predicted molar refractivity (Wildman–Crippen MR) is 138 cm³/mol. The zero-order valence-corrected chi connectivity index (χ0v) is 22.8. The van der Waals surface area contributed by atoms with Crippen LogP contribution in [0, 0.1) is 5.82 Å². The van der Waals surface area contributed by atoms with Crippen LogP contribution in [-0.4, -0.2) is 62.7 Å². The van der Waals surface area contributed by atoms with E-state index in [4.69, 9.17) is 0 Å². The third-order valence-corrected chi connectivity index (χ3v) is 7.68. The molecule has 2 aromatic rings. The van der Waals surface area contributed by atoms with Crippen molar-refractivity contribution in [1.82, 2.24) is 14.5 Å². The highest BCUT2D eigenvalue weighted by atomic mass is 79.9. The maximum atomic E-state index is 14.6. The van der Waals surface area contributed by atoms with Gasteiger partial charge in [0.2, 0.25) is 11.8 Å². The number of benzene rings is 2. The van der Waals surface area contributed by atoms with Crippen LogP contribution in [0.15, 0.2) is 53.0 Å². The Morgan fingerprint density at radius 3 is 2.40 bits per heavy atom. The van der Waals surface area contributed by atoms with Gasteiger partial charge in [-0.05, 0) is 43.2 Å². The first-order valence-electron chi connectivity index (χ1n) is 11.2. The average Bonchev–Trinajstić information content (AvgIpc) is 2.81. The lowest BCUT2D eigenvalue weighted by molar-refractivity contribution is -0.139. The fraction of sp³-hybridized carbons (Fsp3) is 0.417. The molecule has 0 heterocycles. The number of nitrogens with zero attached hydrogens (tertiary/aromatic N) is 3. The topological polar surface area (TPSA) is 90.0 Å². The molecular formula is C24H32BrFN4O4S. The van der Waals surface area contributed by atoms with Crippen LogP contribution >= 0.6 is 15.9 Å². The molecule has 0 spiro atoms. The lowest BCUT2D eigenvalue weighted by atomic mass is 10.1. The summed E-state index contributed by atoms with van der Waals surface area (Å²) in [4.78, 5) is 27.7. The van der Waals surface area contributed by atoms with E-state index in [0.29, 0.717) is 6.54 Å². The van der Waals surface area contributed by atoms with Gasteiger partial charge in [0.1, 0.15) is 18.4 Å². The van der Waals surface area contributed by atoms with Crippen LogP contribution in [0.4, 0.5) is 10.1 Å². The molecule has 11 heteroatoms. The van der Waals surface area contributed by atoms with E-state index in [9.17, 15) is 22.4 Å². The van der Waals surface area contributed by atoms with E-state index in [0.717, 1.165) is 37.6 Å². The normalized spacial score (nSPS) is 12.3. The van der Waals surface area contributed by atoms with Gasteiger partial charge < -0.3 is 10.2 Å². The first-order chi connectivity index (χ1) is 16.5. The third-order valence-electron chi connectivity index (χ3n) is 5.38. The van der Waals surface area contributed by atoms with Gasteiger partial charge in [0.05, 0.1) is 5.69 Å². The Balaban J connectivity index is 2.43. The largest absolute Gasteiger partial charge is 0.354 e. The van der Waals surface area contributed by atoms with Gasteiger partial charge in [-0.25, -0.2) is 8.70 Å². The highest BCUT2D eigenvalue weighted by Gasteiger charge is 2.33. The minimum Gasteiger partial charge on any atom is -0.354 e. The molecule has 0 aliphatic carbocycles. The number of amides is 2. The van der Waals surface area contributed by atoms with Crippen molar-refractivity contribution in [1.29, 1.82) is 0 Å². The molecule has 0 saturated heterocycles. The number of unbranched alkanes of at least 4 members (excludes halogenated alkanes) is 1. The van der Waals surface area contributed by atoms with Crippen LogP contribution < -0.4 is 9.62 Å². The molecule has 0 aliphatic rings. The summed E-state index contributed by atoms with van der Waals surface area (Å²) in [6.45, 7) is 3.44. The number of nitrogens with one attached hydrogen (secondary N) is 1. The first kappa shape index (κ1) is 28.7. The molecule has 1 N–H and O–H groups in total. The van der Waals surface area contributed by atoms with Crippen molar-refractivity contribution in [3.8, 4) is 0 Å². The number of anilines is 1. The van der Waals surface area contributed by atoms with Crippen LogP contribution in [0.25, 0.3) is 0 Å². The number of hydrogen-bond acceptors (Lipinski definition) is 4. The van der Waals surface area contributed by atoms with Gasteiger partial charge in [-0.2, -0.15) is 12.7 Å². The summed E-state index contributed by atoms with van der Waals surface area (Å²) in [5, 5.41) is 2.82. The number of rotatable bonds is 12. The zero-order chi connectivity index (χ0) is 26.2. The second-order valence-corrected chi connectivity index (χ2v) is 11.2. The molecule has 0 bridgehead atoms. The van der Waals surface area contributed by atoms with Crippen LogP contribution in [-0.2, 0) is 26.3 Å². The van der Waals surface area contributed by atoms with Crippen LogP contribution in [0.3, 0.4) is 0 Å². The fourth-order valence-corrected chi connectivity index (χ4v) is 4.82. The van der Waals surface area contributed by atoms with E-state index >= 15 is 0 Å². The summed E-state index contributed by atoms with van der Waals surface area (Å²) in [5.74, 6) is -1.78. The van der Waals surface area contributed by atoms with Gasteiger partial charge in [0.25, 0.3) is 0 Å². The molecule has 192 valence electrons. The summed E-state index contributed by atoms with van der Waals surface area (Å²) in [7, 11) is -1.61. The summed E-state index contributed by atoms with van der Waals surface area (Å²) in [6, 6.07) is 11.7. The molecule has 0 aromatic heterocycles. The van der Waals surface area contributed by atoms with Crippen LogP contribution in [0.2, 0.25) is 0 Å². The second-order valence-electron chi connectivity index (χ2n) is 8.22. The minimum absolute atomic E-state index is 0.0633. The van der Waals surface area contributed by atoms with E-state index in [1.165, 1.54) is 37.2 Å². The maximum absolute atomic E-state index is 14.6. The van der Waals surface area contributed by atoms with E-state index in [1.54, 1.807) is 19.1 Å². The van der Waals surface area contributed by atoms with Crippen molar-refractivity contribution in [2.75, 3.05) is 31.5 Å². The lowest BCUT2D eigenvalue weighted by Crippen LogP contribution is -2.52. The maximum Gasteiger partial charge on any atom is 0.304 e. The van der Waals surface area contributed by atoms with E-state index < -0.39 is 34.5 Å². The zero-order valence-electron chi connectivity index (χ0n) is 20.4. The van der Waals surface area contributed by atoms with Crippen molar-refractivity contribution >= 4 is 43.6 Å².